The van der Waals surface area contributed by atoms with Crippen LogP contribution >= 0.6 is 11.8 Å². The van der Waals surface area contributed by atoms with Gasteiger partial charge in [0.1, 0.15) is 0 Å². The van der Waals surface area contributed by atoms with Gasteiger partial charge in [-0.25, -0.2) is 0 Å². The molecule has 0 radical (unpaired) electrons. The minimum absolute atomic E-state index is 1.06. The minimum Gasteiger partial charge on any atom is -0.0945 e. The second-order valence-electron chi connectivity index (χ2n) is 3.79. The quantitative estimate of drug-likeness (QED) is 0.659. The van der Waals surface area contributed by atoms with Crippen LogP contribution in [-0.4, -0.2) is 0 Å². The summed E-state index contributed by atoms with van der Waals surface area (Å²) in [5.41, 5.74) is 1.27. The molecule has 2 aromatic rings. The number of hydrogen-bond donors (Lipinski definition) is 0. The van der Waals surface area contributed by atoms with Crippen molar-refractivity contribution in [1.82, 2.24) is 0 Å². The molecular weight excluding hydrogens is 224 g/mol. The molecule has 86 valence electrons. The van der Waals surface area contributed by atoms with Gasteiger partial charge in [0.25, 0.3) is 0 Å². The lowest BCUT2D eigenvalue weighted by atomic mass is 10.2. The van der Waals surface area contributed by atoms with Crippen LogP contribution in [-0.2, 0) is 0 Å². The van der Waals surface area contributed by atoms with Crippen molar-refractivity contribution in [3.8, 4) is 0 Å². The molecule has 0 spiro atoms. The molecule has 0 nitrogen and oxygen atoms in total. The summed E-state index contributed by atoms with van der Waals surface area (Å²) in [7, 11) is 0. The fraction of sp³-hybridized carbons (Fsp3) is 0.125. The van der Waals surface area contributed by atoms with E-state index < -0.39 is 0 Å². The van der Waals surface area contributed by atoms with Gasteiger partial charge in [0.05, 0.1) is 0 Å². The highest BCUT2D eigenvalue weighted by Crippen LogP contribution is 2.29. The SMILES string of the molecule is CCC(=Cc1ccccc1)Sc1ccccc1. The third-order valence-corrected chi connectivity index (χ3v) is 3.64. The molecule has 0 aliphatic rings. The first-order valence-electron chi connectivity index (χ1n) is 5.87. The molecule has 0 fully saturated rings. The topological polar surface area (TPSA) is 0 Å². The van der Waals surface area contributed by atoms with Gasteiger partial charge >= 0.3 is 0 Å². The van der Waals surface area contributed by atoms with Crippen LogP contribution in [0.5, 0.6) is 0 Å². The van der Waals surface area contributed by atoms with Crippen LogP contribution in [0.2, 0.25) is 0 Å². The average Bonchev–Trinajstić information content (AvgIpc) is 2.40. The van der Waals surface area contributed by atoms with E-state index in [0.717, 1.165) is 6.42 Å². The van der Waals surface area contributed by atoms with Crippen molar-refractivity contribution < 1.29 is 0 Å². The number of hydrogen-bond acceptors (Lipinski definition) is 1. The highest BCUT2D eigenvalue weighted by molar-refractivity contribution is 8.03. The van der Waals surface area contributed by atoms with Crippen molar-refractivity contribution in [1.29, 1.82) is 0 Å². The molecule has 0 aliphatic carbocycles. The Kier molecular flexibility index (Phi) is 4.45. The van der Waals surface area contributed by atoms with Crippen molar-refractivity contribution in [3.63, 3.8) is 0 Å². The Morgan fingerprint density at radius 3 is 2.12 bits per heavy atom. The van der Waals surface area contributed by atoms with Crippen LogP contribution in [0, 0.1) is 0 Å². The van der Waals surface area contributed by atoms with Crippen LogP contribution < -0.4 is 0 Å². The fourth-order valence-electron chi connectivity index (χ4n) is 1.58. The van der Waals surface area contributed by atoms with Gasteiger partial charge in [0.2, 0.25) is 0 Å². The van der Waals surface area contributed by atoms with Crippen LogP contribution in [0.25, 0.3) is 6.08 Å². The highest BCUT2D eigenvalue weighted by atomic mass is 32.2. The Morgan fingerprint density at radius 2 is 1.53 bits per heavy atom. The molecule has 2 aromatic carbocycles. The largest absolute Gasteiger partial charge is 0.0945 e. The number of rotatable bonds is 4. The molecule has 0 saturated carbocycles. The van der Waals surface area contributed by atoms with Crippen LogP contribution in [0.1, 0.15) is 18.9 Å². The molecule has 0 heterocycles. The summed E-state index contributed by atoms with van der Waals surface area (Å²) in [6.07, 6.45) is 3.33. The first kappa shape index (κ1) is 12.0. The van der Waals surface area contributed by atoms with Gasteiger partial charge in [-0.1, -0.05) is 67.2 Å². The molecule has 0 N–H and O–H groups in total. The van der Waals surface area contributed by atoms with E-state index in [2.05, 4.69) is 67.6 Å². The van der Waals surface area contributed by atoms with E-state index in [1.165, 1.54) is 15.4 Å². The first-order chi connectivity index (χ1) is 8.38. The zero-order valence-corrected chi connectivity index (χ0v) is 10.8. The summed E-state index contributed by atoms with van der Waals surface area (Å²) in [4.78, 5) is 2.69. The lowest BCUT2D eigenvalue weighted by molar-refractivity contribution is 1.21. The smallest absolute Gasteiger partial charge is 0.0119 e. The zero-order valence-electron chi connectivity index (χ0n) is 9.97. The lowest BCUT2D eigenvalue weighted by Crippen LogP contribution is -1.77. The van der Waals surface area contributed by atoms with Gasteiger partial charge in [-0.2, -0.15) is 0 Å². The van der Waals surface area contributed by atoms with Gasteiger partial charge in [-0.3, -0.25) is 0 Å². The molecule has 0 aromatic heterocycles. The Bertz CT molecular complexity index is 471. The third kappa shape index (κ3) is 3.79. The van der Waals surface area contributed by atoms with Crippen molar-refractivity contribution in [2.24, 2.45) is 0 Å². The van der Waals surface area contributed by atoms with E-state index in [4.69, 9.17) is 0 Å². The molecule has 0 aliphatic heterocycles. The summed E-state index contributed by atoms with van der Waals surface area (Å²) >= 11 is 1.84. The maximum Gasteiger partial charge on any atom is 0.0119 e. The predicted molar refractivity (Wildman–Crippen MR) is 77.0 cm³/mol. The Balaban J connectivity index is 2.15. The fourth-order valence-corrected chi connectivity index (χ4v) is 2.51. The lowest BCUT2D eigenvalue weighted by Gasteiger charge is -2.04. The van der Waals surface area contributed by atoms with Crippen LogP contribution in [0.15, 0.2) is 70.5 Å². The molecular formula is C16H16S. The zero-order chi connectivity index (χ0) is 11.9. The molecule has 1 heteroatoms. The van der Waals surface area contributed by atoms with E-state index in [-0.39, 0.29) is 0 Å². The standard InChI is InChI=1S/C16H16S/c1-2-15(13-14-9-5-3-6-10-14)17-16-11-7-4-8-12-16/h3-13H,2H2,1H3. The van der Waals surface area contributed by atoms with Gasteiger partial charge in [-0.05, 0) is 35.1 Å². The molecule has 17 heavy (non-hydrogen) atoms. The number of allylic oxidation sites excluding steroid dienone is 1. The van der Waals surface area contributed by atoms with Crippen molar-refractivity contribution in [2.45, 2.75) is 18.2 Å². The van der Waals surface area contributed by atoms with E-state index in [9.17, 15) is 0 Å². The summed E-state index contributed by atoms with van der Waals surface area (Å²) in [5.74, 6) is 0. The van der Waals surface area contributed by atoms with E-state index >= 15 is 0 Å². The van der Waals surface area contributed by atoms with Crippen LogP contribution in [0.3, 0.4) is 0 Å². The van der Waals surface area contributed by atoms with Crippen molar-refractivity contribution >= 4 is 17.8 Å². The highest BCUT2D eigenvalue weighted by Gasteiger charge is 1.98. The first-order valence-corrected chi connectivity index (χ1v) is 6.68. The molecule has 0 bridgehead atoms. The molecule has 0 atom stereocenters. The summed E-state index contributed by atoms with van der Waals surface area (Å²) in [6.45, 7) is 2.20. The van der Waals surface area contributed by atoms with E-state index in [0.29, 0.717) is 0 Å². The monoisotopic (exact) mass is 240 g/mol. The summed E-state index contributed by atoms with van der Waals surface area (Å²) < 4.78 is 0. The van der Waals surface area contributed by atoms with Gasteiger partial charge in [0, 0.05) is 4.90 Å². The second-order valence-corrected chi connectivity index (χ2v) is 4.99. The maximum absolute atomic E-state index is 2.26. The third-order valence-electron chi connectivity index (χ3n) is 2.47. The number of benzene rings is 2. The predicted octanol–water partition coefficient (Wildman–Crippen LogP) is 5.23. The summed E-state index contributed by atoms with van der Waals surface area (Å²) in [6, 6.07) is 21.0. The Hall–Kier alpha value is -1.47. The van der Waals surface area contributed by atoms with Crippen molar-refractivity contribution in [2.75, 3.05) is 0 Å². The van der Waals surface area contributed by atoms with Crippen molar-refractivity contribution in [3.05, 3.63) is 71.1 Å². The van der Waals surface area contributed by atoms with E-state index in [1.807, 2.05) is 17.8 Å². The molecule has 0 amide bonds. The van der Waals surface area contributed by atoms with Gasteiger partial charge in [0.15, 0.2) is 0 Å². The number of thioether (sulfide) groups is 1. The van der Waals surface area contributed by atoms with Gasteiger partial charge < -0.3 is 0 Å². The van der Waals surface area contributed by atoms with Gasteiger partial charge in [-0.15, -0.1) is 0 Å². The summed E-state index contributed by atoms with van der Waals surface area (Å²) in [5, 5.41) is 0. The minimum atomic E-state index is 1.06. The maximum atomic E-state index is 2.26. The molecule has 0 unspecified atom stereocenters. The Morgan fingerprint density at radius 1 is 0.941 bits per heavy atom. The molecule has 0 saturated heterocycles. The normalized spacial score (nSPS) is 11.5. The average molecular weight is 240 g/mol. The second kappa shape index (κ2) is 6.31. The van der Waals surface area contributed by atoms with Crippen LogP contribution in [0.4, 0.5) is 0 Å². The van der Waals surface area contributed by atoms with E-state index in [1.54, 1.807) is 0 Å². The Labute approximate surface area is 107 Å². The molecule has 2 rings (SSSR count).